The predicted octanol–water partition coefficient (Wildman–Crippen LogP) is 3.33. The van der Waals surface area contributed by atoms with Crippen molar-refractivity contribution in [1.29, 1.82) is 0 Å². The predicted molar refractivity (Wildman–Crippen MR) is 95.6 cm³/mol. The van der Waals surface area contributed by atoms with Gasteiger partial charge in [-0.05, 0) is 40.9 Å². The Bertz CT molecular complexity index is 599. The van der Waals surface area contributed by atoms with Crippen LogP contribution in [0, 0.1) is 0 Å². The Morgan fingerprint density at radius 1 is 1.36 bits per heavy atom. The van der Waals surface area contributed by atoms with Crippen molar-refractivity contribution in [3.8, 4) is 5.75 Å². The van der Waals surface area contributed by atoms with Gasteiger partial charge in [0.25, 0.3) is 0 Å². The summed E-state index contributed by atoms with van der Waals surface area (Å²) in [6.45, 7) is 4.02. The van der Waals surface area contributed by atoms with Crippen LogP contribution in [0.5, 0.6) is 5.75 Å². The molecule has 0 heterocycles. The molecule has 0 unspecified atom stereocenters. The molecule has 0 aromatic heterocycles. The van der Waals surface area contributed by atoms with Crippen LogP contribution in [0.3, 0.4) is 0 Å². The summed E-state index contributed by atoms with van der Waals surface area (Å²) >= 11 is 9.26. The van der Waals surface area contributed by atoms with E-state index in [1.165, 1.54) is 19.2 Å². The molecule has 1 rings (SSSR count). The Morgan fingerprint density at radius 2 is 1.91 bits per heavy atom. The third-order valence-corrected chi connectivity index (χ3v) is 6.42. The van der Waals surface area contributed by atoms with Gasteiger partial charge in [0.05, 0.1) is 17.0 Å². The monoisotopic (exact) mass is 434 g/mol. The summed E-state index contributed by atoms with van der Waals surface area (Å²) < 4.78 is 33.3. The lowest BCUT2D eigenvalue weighted by atomic mass is 9.95. The molecule has 0 saturated heterocycles. The first-order valence-corrected chi connectivity index (χ1v) is 9.17. The topological polar surface area (TPSA) is 81.4 Å². The highest BCUT2D eigenvalue weighted by atomic mass is 79.9. The van der Waals surface area contributed by atoms with Gasteiger partial charge in [-0.25, -0.2) is 13.1 Å². The second-order valence-corrected chi connectivity index (χ2v) is 7.63. The minimum absolute atomic E-state index is 0. The molecule has 0 radical (unpaired) electrons. The molecule has 3 N–H and O–H groups in total. The van der Waals surface area contributed by atoms with E-state index < -0.39 is 15.6 Å². The molecule has 0 spiro atoms. The van der Waals surface area contributed by atoms with Crippen molar-refractivity contribution in [2.75, 3.05) is 13.7 Å². The molecular formula is C13H21BrCl2N2O3S. The van der Waals surface area contributed by atoms with Crippen molar-refractivity contribution in [3.63, 3.8) is 0 Å². The molecule has 0 bridgehead atoms. The normalized spacial score (nSPS) is 11.9. The molecule has 1 aromatic rings. The summed E-state index contributed by atoms with van der Waals surface area (Å²) in [6, 6.07) is 2.89. The quantitative estimate of drug-likeness (QED) is 0.688. The van der Waals surface area contributed by atoms with Crippen molar-refractivity contribution in [2.24, 2.45) is 5.73 Å². The maximum Gasteiger partial charge on any atom is 0.242 e. The van der Waals surface area contributed by atoms with Gasteiger partial charge in [0.2, 0.25) is 10.0 Å². The Labute approximate surface area is 151 Å². The van der Waals surface area contributed by atoms with Gasteiger partial charge in [-0.3, -0.25) is 0 Å². The van der Waals surface area contributed by atoms with Crippen LogP contribution >= 0.6 is 39.9 Å². The number of sulfonamides is 1. The van der Waals surface area contributed by atoms with Crippen LogP contribution in [0.15, 0.2) is 21.5 Å². The smallest absolute Gasteiger partial charge is 0.242 e. The summed E-state index contributed by atoms with van der Waals surface area (Å²) in [5, 5.41) is 0.229. The van der Waals surface area contributed by atoms with E-state index in [-0.39, 0.29) is 28.9 Å². The number of hydrogen-bond acceptors (Lipinski definition) is 4. The van der Waals surface area contributed by atoms with Crippen molar-refractivity contribution in [2.45, 2.75) is 37.1 Å². The maximum atomic E-state index is 12.6. The average molecular weight is 436 g/mol. The lowest BCUT2D eigenvalue weighted by Gasteiger charge is -2.31. The summed E-state index contributed by atoms with van der Waals surface area (Å²) in [5.74, 6) is 0.401. The molecule has 9 heteroatoms. The molecule has 22 heavy (non-hydrogen) atoms. The van der Waals surface area contributed by atoms with Gasteiger partial charge in [0.1, 0.15) is 5.75 Å². The van der Waals surface area contributed by atoms with Gasteiger partial charge in [-0.2, -0.15) is 0 Å². The molecule has 1 aromatic carbocycles. The molecule has 0 saturated carbocycles. The first-order valence-electron chi connectivity index (χ1n) is 6.52. The summed E-state index contributed by atoms with van der Waals surface area (Å²) in [5.41, 5.74) is 5.08. The average Bonchev–Trinajstić information content (AvgIpc) is 2.46. The van der Waals surface area contributed by atoms with Gasteiger partial charge in [0.15, 0.2) is 0 Å². The highest BCUT2D eigenvalue weighted by Gasteiger charge is 2.32. The molecule has 0 atom stereocenters. The van der Waals surface area contributed by atoms with Gasteiger partial charge in [0, 0.05) is 16.6 Å². The third kappa shape index (κ3) is 4.72. The SMILES string of the molecule is CCC(CC)(CN)NS(=O)(=O)c1cc(Cl)c(OC)cc1Br.Cl. The molecular weight excluding hydrogens is 415 g/mol. The number of hydrogen-bond donors (Lipinski definition) is 2. The summed E-state index contributed by atoms with van der Waals surface area (Å²) in [6.07, 6.45) is 1.20. The number of ether oxygens (including phenoxy) is 1. The Hall–Kier alpha value is -0.0500. The largest absolute Gasteiger partial charge is 0.495 e. The van der Waals surface area contributed by atoms with E-state index >= 15 is 0 Å². The molecule has 0 aliphatic heterocycles. The second-order valence-electron chi connectivity index (χ2n) is 4.71. The van der Waals surface area contributed by atoms with Crippen LogP contribution in [0.25, 0.3) is 0 Å². The van der Waals surface area contributed by atoms with Crippen LogP contribution in [0.4, 0.5) is 0 Å². The van der Waals surface area contributed by atoms with Crippen LogP contribution < -0.4 is 15.2 Å². The van der Waals surface area contributed by atoms with Crippen LogP contribution in [0.2, 0.25) is 5.02 Å². The summed E-state index contributed by atoms with van der Waals surface area (Å²) in [7, 11) is -2.28. The minimum atomic E-state index is -3.75. The zero-order chi connectivity index (χ0) is 16.3. The van der Waals surface area contributed by atoms with E-state index in [4.69, 9.17) is 22.1 Å². The molecule has 0 aliphatic rings. The Balaban J connectivity index is 0.00000441. The number of nitrogens with two attached hydrogens (primary N) is 1. The molecule has 0 aliphatic carbocycles. The van der Waals surface area contributed by atoms with E-state index in [2.05, 4.69) is 20.7 Å². The van der Waals surface area contributed by atoms with Crippen LogP contribution in [-0.4, -0.2) is 27.6 Å². The third-order valence-electron chi connectivity index (χ3n) is 3.59. The Morgan fingerprint density at radius 3 is 2.32 bits per heavy atom. The van der Waals surface area contributed by atoms with E-state index in [1.807, 2.05) is 13.8 Å². The van der Waals surface area contributed by atoms with Gasteiger partial charge in [-0.15, -0.1) is 12.4 Å². The van der Waals surface area contributed by atoms with Crippen LogP contribution in [0.1, 0.15) is 26.7 Å². The fourth-order valence-electron chi connectivity index (χ4n) is 1.94. The van der Waals surface area contributed by atoms with Gasteiger partial charge < -0.3 is 10.5 Å². The lowest BCUT2D eigenvalue weighted by Crippen LogP contribution is -2.52. The number of nitrogens with one attached hydrogen (secondary N) is 1. The van der Waals surface area contributed by atoms with E-state index in [9.17, 15) is 8.42 Å². The fraction of sp³-hybridized carbons (Fsp3) is 0.538. The van der Waals surface area contributed by atoms with Crippen molar-refractivity contribution >= 4 is 50.0 Å². The number of benzene rings is 1. The standard InChI is InChI=1S/C13H20BrClN2O3S.ClH/c1-4-13(5-2,8-16)17-21(18,19)12-7-10(15)11(20-3)6-9(12)14;/h6-7,17H,4-5,8,16H2,1-3H3;1H. The van der Waals surface area contributed by atoms with E-state index in [0.717, 1.165) is 0 Å². The highest BCUT2D eigenvalue weighted by molar-refractivity contribution is 9.10. The first-order chi connectivity index (χ1) is 9.75. The van der Waals surface area contributed by atoms with Crippen molar-refractivity contribution < 1.29 is 13.2 Å². The van der Waals surface area contributed by atoms with Crippen molar-refractivity contribution in [3.05, 3.63) is 21.6 Å². The zero-order valence-electron chi connectivity index (χ0n) is 12.7. The lowest BCUT2D eigenvalue weighted by molar-refractivity contribution is 0.363. The maximum absolute atomic E-state index is 12.6. The zero-order valence-corrected chi connectivity index (χ0v) is 16.6. The number of halogens is 3. The van der Waals surface area contributed by atoms with E-state index in [1.54, 1.807) is 0 Å². The molecule has 128 valence electrons. The Kier molecular flexibility index (Phi) is 8.68. The van der Waals surface area contributed by atoms with E-state index in [0.29, 0.717) is 23.1 Å². The molecule has 0 amide bonds. The molecule has 5 nitrogen and oxygen atoms in total. The number of rotatable bonds is 7. The highest BCUT2D eigenvalue weighted by Crippen LogP contribution is 2.34. The second kappa shape index (κ2) is 8.70. The first kappa shape index (κ1) is 21.9. The van der Waals surface area contributed by atoms with Gasteiger partial charge in [-0.1, -0.05) is 25.4 Å². The van der Waals surface area contributed by atoms with Crippen molar-refractivity contribution in [1.82, 2.24) is 4.72 Å². The van der Waals surface area contributed by atoms with Gasteiger partial charge >= 0.3 is 0 Å². The number of methoxy groups -OCH3 is 1. The fourth-order valence-corrected chi connectivity index (χ4v) is 4.85. The minimum Gasteiger partial charge on any atom is -0.495 e. The van der Waals surface area contributed by atoms with Crippen LogP contribution in [-0.2, 0) is 10.0 Å². The summed E-state index contributed by atoms with van der Waals surface area (Å²) in [4.78, 5) is 0.0630. The molecule has 0 fully saturated rings.